The van der Waals surface area contributed by atoms with E-state index in [0.717, 1.165) is 10.0 Å². The molecule has 5 rings (SSSR count). The Morgan fingerprint density at radius 1 is 0.970 bits per heavy atom. The quantitative estimate of drug-likeness (QED) is 0.400. The maximum atomic E-state index is 14.1. The summed E-state index contributed by atoms with van der Waals surface area (Å²) < 4.78 is 21.0. The van der Waals surface area contributed by atoms with Gasteiger partial charge in [-0.3, -0.25) is 9.69 Å². The molecule has 5 nitrogen and oxygen atoms in total. The number of hydrogen-bond donors (Lipinski definition) is 1. The summed E-state index contributed by atoms with van der Waals surface area (Å²) in [5, 5.41) is 11.0. The van der Waals surface area contributed by atoms with E-state index < -0.39 is 0 Å². The van der Waals surface area contributed by atoms with Crippen LogP contribution in [0.25, 0.3) is 22.1 Å². The number of nitrogens with zero attached hydrogens (tertiary/aromatic N) is 2. The summed E-state index contributed by atoms with van der Waals surface area (Å²) in [5.41, 5.74) is 2.71. The summed E-state index contributed by atoms with van der Waals surface area (Å²) in [5.74, 6) is -0.125. The van der Waals surface area contributed by atoms with Gasteiger partial charge in [0.2, 0.25) is 5.43 Å². The third-order valence-electron chi connectivity index (χ3n) is 6.12. The first-order valence-corrected chi connectivity index (χ1v) is 11.5. The van der Waals surface area contributed by atoms with Crippen molar-refractivity contribution < 1.29 is 13.9 Å². The molecule has 1 aliphatic heterocycles. The SMILES string of the molecule is O=c1c(-c2ccc(Br)cc2)coc2c(CN3CCN(c4ccccc4F)CC3)c(O)ccc12. The number of phenolic OH excluding ortho intramolecular Hbond substituents is 1. The zero-order valence-electron chi connectivity index (χ0n) is 17.8. The van der Waals surface area contributed by atoms with Crippen molar-refractivity contribution in [1.29, 1.82) is 0 Å². The largest absolute Gasteiger partial charge is 0.507 e. The first-order valence-electron chi connectivity index (χ1n) is 10.8. The molecule has 0 atom stereocenters. The van der Waals surface area contributed by atoms with Crippen LogP contribution in [-0.2, 0) is 6.54 Å². The van der Waals surface area contributed by atoms with Crippen molar-refractivity contribution in [3.63, 3.8) is 0 Å². The highest BCUT2D eigenvalue weighted by Crippen LogP contribution is 2.30. The highest BCUT2D eigenvalue weighted by molar-refractivity contribution is 9.10. The topological polar surface area (TPSA) is 56.9 Å². The maximum Gasteiger partial charge on any atom is 0.200 e. The van der Waals surface area contributed by atoms with Crippen LogP contribution in [0.15, 0.2) is 80.6 Å². The Kier molecular flexibility index (Phi) is 5.91. The van der Waals surface area contributed by atoms with E-state index in [-0.39, 0.29) is 17.0 Å². The lowest BCUT2D eigenvalue weighted by Crippen LogP contribution is -2.46. The second kappa shape index (κ2) is 9.00. The van der Waals surface area contributed by atoms with E-state index in [1.54, 1.807) is 24.3 Å². The molecular formula is C26H22BrFN2O3. The predicted octanol–water partition coefficient (Wildman–Crippen LogP) is 5.39. The summed E-state index contributed by atoms with van der Waals surface area (Å²) in [6, 6.07) is 17.4. The van der Waals surface area contributed by atoms with E-state index in [2.05, 4.69) is 20.8 Å². The van der Waals surface area contributed by atoms with Crippen molar-refractivity contribution in [2.24, 2.45) is 0 Å². The summed E-state index contributed by atoms with van der Waals surface area (Å²) in [4.78, 5) is 17.4. The number of anilines is 1. The molecule has 4 aromatic rings. The fourth-order valence-electron chi connectivity index (χ4n) is 4.31. The van der Waals surface area contributed by atoms with Gasteiger partial charge < -0.3 is 14.4 Å². The molecule has 1 aromatic heterocycles. The Bertz CT molecular complexity index is 1360. The average molecular weight is 509 g/mol. The Balaban J connectivity index is 1.40. The van der Waals surface area contributed by atoms with E-state index >= 15 is 0 Å². The number of piperazine rings is 1. The van der Waals surface area contributed by atoms with Crippen molar-refractivity contribution in [2.45, 2.75) is 6.54 Å². The zero-order valence-corrected chi connectivity index (χ0v) is 19.4. The fourth-order valence-corrected chi connectivity index (χ4v) is 4.57. The van der Waals surface area contributed by atoms with Gasteiger partial charge >= 0.3 is 0 Å². The van der Waals surface area contributed by atoms with E-state index in [4.69, 9.17) is 4.42 Å². The van der Waals surface area contributed by atoms with Crippen molar-refractivity contribution in [3.8, 4) is 16.9 Å². The summed E-state index contributed by atoms with van der Waals surface area (Å²) in [6.45, 7) is 3.18. The molecule has 2 heterocycles. The first-order chi connectivity index (χ1) is 16.0. The van der Waals surface area contributed by atoms with Crippen molar-refractivity contribution in [1.82, 2.24) is 4.90 Å². The molecule has 1 saturated heterocycles. The van der Waals surface area contributed by atoms with E-state index in [1.807, 2.05) is 35.2 Å². The normalized spacial score (nSPS) is 14.7. The van der Waals surface area contributed by atoms with Gasteiger partial charge in [0, 0.05) is 37.2 Å². The minimum atomic E-state index is -0.221. The Hall–Kier alpha value is -3.16. The van der Waals surface area contributed by atoms with Crippen LogP contribution in [0.5, 0.6) is 5.75 Å². The average Bonchev–Trinajstić information content (AvgIpc) is 2.83. The van der Waals surface area contributed by atoms with Gasteiger partial charge in [0.25, 0.3) is 0 Å². The second-order valence-electron chi connectivity index (χ2n) is 8.14. The second-order valence-corrected chi connectivity index (χ2v) is 9.06. The van der Waals surface area contributed by atoms with Gasteiger partial charge in [-0.25, -0.2) is 4.39 Å². The van der Waals surface area contributed by atoms with Gasteiger partial charge in [-0.2, -0.15) is 0 Å². The molecular weight excluding hydrogens is 487 g/mol. The van der Waals surface area contributed by atoms with Gasteiger partial charge in [0.1, 0.15) is 23.4 Å². The Morgan fingerprint density at radius 3 is 2.42 bits per heavy atom. The highest BCUT2D eigenvalue weighted by atomic mass is 79.9. The molecule has 0 spiro atoms. The lowest BCUT2D eigenvalue weighted by molar-refractivity contribution is 0.246. The Labute approximate surface area is 198 Å². The van der Waals surface area contributed by atoms with Crippen LogP contribution in [0, 0.1) is 5.82 Å². The highest BCUT2D eigenvalue weighted by Gasteiger charge is 2.22. The first kappa shape index (κ1) is 21.7. The molecule has 0 saturated carbocycles. The summed E-state index contributed by atoms with van der Waals surface area (Å²) in [7, 11) is 0. The van der Waals surface area contributed by atoms with Crippen molar-refractivity contribution >= 4 is 32.6 Å². The monoisotopic (exact) mass is 508 g/mol. The third kappa shape index (κ3) is 4.26. The molecule has 0 amide bonds. The van der Waals surface area contributed by atoms with Crippen molar-refractivity contribution in [3.05, 3.63) is 93.0 Å². The zero-order chi connectivity index (χ0) is 22.9. The van der Waals surface area contributed by atoms with Crippen LogP contribution in [-0.4, -0.2) is 36.2 Å². The van der Waals surface area contributed by atoms with Gasteiger partial charge in [0.15, 0.2) is 0 Å². The minimum Gasteiger partial charge on any atom is -0.507 e. The number of para-hydroxylation sites is 1. The minimum absolute atomic E-state index is 0.0959. The summed E-state index contributed by atoms with van der Waals surface area (Å²) >= 11 is 3.41. The number of hydrogen-bond acceptors (Lipinski definition) is 5. The standard InChI is InChI=1S/C26H22BrFN2O3/c27-18-7-5-17(6-8-18)21-16-33-26-19(25(21)32)9-10-24(31)20(26)15-29-11-13-30(14-12-29)23-4-2-1-3-22(23)28/h1-10,16,31H,11-15H2. The molecule has 0 unspecified atom stereocenters. The van der Waals surface area contributed by atoms with Crippen LogP contribution >= 0.6 is 15.9 Å². The van der Waals surface area contributed by atoms with E-state index in [1.165, 1.54) is 12.3 Å². The van der Waals surface area contributed by atoms with Gasteiger partial charge in [0.05, 0.1) is 22.2 Å². The molecule has 0 bridgehead atoms. The van der Waals surface area contributed by atoms with Gasteiger partial charge in [-0.15, -0.1) is 0 Å². The molecule has 1 N–H and O–H groups in total. The molecule has 1 aliphatic rings. The van der Waals surface area contributed by atoms with E-state index in [0.29, 0.717) is 60.5 Å². The predicted molar refractivity (Wildman–Crippen MR) is 131 cm³/mol. The van der Waals surface area contributed by atoms with Gasteiger partial charge in [-0.05, 0) is 42.0 Å². The van der Waals surface area contributed by atoms with Crippen LogP contribution in [0.3, 0.4) is 0 Å². The summed E-state index contributed by atoms with van der Waals surface area (Å²) in [6.07, 6.45) is 1.47. The lowest BCUT2D eigenvalue weighted by Gasteiger charge is -2.36. The van der Waals surface area contributed by atoms with Crippen LogP contribution in [0.1, 0.15) is 5.56 Å². The molecule has 33 heavy (non-hydrogen) atoms. The van der Waals surface area contributed by atoms with Crippen LogP contribution < -0.4 is 10.3 Å². The van der Waals surface area contributed by atoms with E-state index in [9.17, 15) is 14.3 Å². The molecule has 168 valence electrons. The lowest BCUT2D eigenvalue weighted by atomic mass is 10.0. The molecule has 3 aromatic carbocycles. The number of aromatic hydroxyl groups is 1. The molecule has 7 heteroatoms. The number of phenols is 1. The van der Waals surface area contributed by atoms with Gasteiger partial charge in [-0.1, -0.05) is 40.2 Å². The number of rotatable bonds is 4. The molecule has 0 radical (unpaired) electrons. The van der Waals surface area contributed by atoms with Crippen LogP contribution in [0.4, 0.5) is 10.1 Å². The maximum absolute atomic E-state index is 14.1. The fraction of sp³-hybridized carbons (Fsp3) is 0.192. The number of benzene rings is 3. The number of fused-ring (bicyclic) bond motifs is 1. The number of halogens is 2. The van der Waals surface area contributed by atoms with Crippen LogP contribution in [0.2, 0.25) is 0 Å². The molecule has 1 fully saturated rings. The third-order valence-corrected chi connectivity index (χ3v) is 6.65. The van der Waals surface area contributed by atoms with Crippen molar-refractivity contribution in [2.75, 3.05) is 31.1 Å². The Morgan fingerprint density at radius 2 is 1.70 bits per heavy atom. The molecule has 0 aliphatic carbocycles. The smallest absolute Gasteiger partial charge is 0.200 e.